The van der Waals surface area contributed by atoms with Gasteiger partial charge in [-0.25, -0.2) is 0 Å². The number of rotatable bonds is 25. The largest absolute Gasteiger partial charge is 0.372 e. The third-order valence-corrected chi connectivity index (χ3v) is 30.2. The van der Waals surface area contributed by atoms with E-state index < -0.39 is 31.7 Å². The number of nitrogens with one attached hydrogen (secondary N) is 1. The van der Waals surface area contributed by atoms with Crippen molar-refractivity contribution in [1.29, 1.82) is 0 Å². The number of nitrogens with zero attached hydrogens (tertiary/aromatic N) is 7. The number of aryl methyl sites for hydroxylation is 3. The fraction of sp³-hybridized carbons (Fsp3) is 0.131. The number of anilines is 1. The predicted octanol–water partition coefficient (Wildman–Crippen LogP) is 20.7. The van der Waals surface area contributed by atoms with Gasteiger partial charge in [0, 0.05) is 43.6 Å². The standard InChI is InChI=1S/C27H27N2P.2C26H25N2P.C20H21N2P/c1-20-18-21(2)26(22(3)19-20)29-27(25-16-10-11-17-28-25)30(23-12-6-4-7-13-23)24-14-8-5-9-15-24;2*1-28(21-22-13-5-2-6-14-22)26(25-19-11-12-20-27-25)29(23-15-7-3-8-16-23)24-17-9-4-10-18-24;1-22(2)20(19-15-9-10-16-21-19)23(17-11-5-3-6-12-17)18-13-7-4-8-14-18/h4-19,27,29H,1-3H3;2*2-20,26H,21H2,1H3;3-16,20H,1-2H3. The molecule has 554 valence electrons. The first-order chi connectivity index (χ1) is 54.6. The van der Waals surface area contributed by atoms with Gasteiger partial charge in [-0.15, -0.1) is 0 Å². The lowest BCUT2D eigenvalue weighted by Crippen LogP contribution is -2.30. The average molecular weight is 1520 g/mol. The lowest BCUT2D eigenvalue weighted by molar-refractivity contribution is 0.303. The van der Waals surface area contributed by atoms with Gasteiger partial charge < -0.3 is 5.32 Å². The lowest BCUT2D eigenvalue weighted by Gasteiger charge is -2.35. The van der Waals surface area contributed by atoms with Crippen molar-refractivity contribution in [3.63, 3.8) is 0 Å². The van der Waals surface area contributed by atoms with Crippen LogP contribution in [0, 0.1) is 20.8 Å². The summed E-state index contributed by atoms with van der Waals surface area (Å²) in [5.41, 5.74) is 12.1. The quantitative estimate of drug-likeness (QED) is 0.0568. The van der Waals surface area contributed by atoms with E-state index in [0.717, 1.165) is 35.9 Å². The zero-order valence-corrected chi connectivity index (χ0v) is 68.0. The predicted molar refractivity (Wildman–Crippen MR) is 478 cm³/mol. The number of benzene rings is 11. The highest BCUT2D eigenvalue weighted by molar-refractivity contribution is 7.74. The first kappa shape index (κ1) is 80.0. The first-order valence-electron chi connectivity index (χ1n) is 37.8. The zero-order chi connectivity index (χ0) is 76.8. The Morgan fingerprint density at radius 2 is 0.486 bits per heavy atom. The highest BCUT2D eigenvalue weighted by atomic mass is 31.1. The van der Waals surface area contributed by atoms with E-state index in [4.69, 9.17) is 15.0 Å². The van der Waals surface area contributed by atoms with Gasteiger partial charge in [0.05, 0.1) is 45.9 Å². The maximum atomic E-state index is 4.79. The second-order valence-electron chi connectivity index (χ2n) is 27.4. The topological polar surface area (TPSA) is 73.3 Å². The summed E-state index contributed by atoms with van der Waals surface area (Å²) in [6.45, 7) is 8.28. The molecular weight excluding hydrogens is 1430 g/mol. The lowest BCUT2D eigenvalue weighted by atomic mass is 10.1. The van der Waals surface area contributed by atoms with Crippen LogP contribution in [0.25, 0.3) is 0 Å². The molecule has 0 fully saturated rings. The minimum Gasteiger partial charge on any atom is -0.372 e. The number of hydrogen-bond acceptors (Lipinski definition) is 8. The average Bonchev–Trinajstić information content (AvgIpc) is 0.788. The fourth-order valence-corrected chi connectivity index (χ4v) is 24.8. The van der Waals surface area contributed by atoms with Gasteiger partial charge in [-0.3, -0.25) is 34.6 Å². The Morgan fingerprint density at radius 1 is 0.261 bits per heavy atom. The third kappa shape index (κ3) is 22.4. The van der Waals surface area contributed by atoms with E-state index in [1.54, 1.807) is 0 Å². The van der Waals surface area contributed by atoms with Crippen LogP contribution in [0.4, 0.5) is 5.69 Å². The maximum absolute atomic E-state index is 4.79. The molecule has 0 aliphatic carbocycles. The second-order valence-corrected chi connectivity index (χ2v) is 36.5. The van der Waals surface area contributed by atoms with E-state index >= 15 is 0 Å². The van der Waals surface area contributed by atoms with E-state index in [1.165, 1.54) is 75.9 Å². The number of hydrogen-bond donors (Lipinski definition) is 1. The second kappa shape index (κ2) is 42.0. The van der Waals surface area contributed by atoms with Gasteiger partial charge in [-0.05, 0) is 194 Å². The van der Waals surface area contributed by atoms with Gasteiger partial charge in [0.25, 0.3) is 0 Å². The Balaban J connectivity index is 0.000000138. The molecule has 0 aliphatic rings. The van der Waals surface area contributed by atoms with E-state index in [2.05, 4.69) is 438 Å². The Kier molecular flexibility index (Phi) is 30.3. The molecule has 0 amide bonds. The molecule has 4 aromatic heterocycles. The van der Waals surface area contributed by atoms with E-state index in [0.29, 0.717) is 0 Å². The summed E-state index contributed by atoms with van der Waals surface area (Å²) < 4.78 is 0. The molecule has 111 heavy (non-hydrogen) atoms. The molecular formula is C99H98N8P4. The van der Waals surface area contributed by atoms with Crippen LogP contribution < -0.4 is 47.8 Å². The molecule has 1 N–H and O–H groups in total. The van der Waals surface area contributed by atoms with Gasteiger partial charge in [-0.2, -0.15) is 0 Å². The van der Waals surface area contributed by atoms with Crippen LogP contribution in [0.15, 0.2) is 413 Å². The van der Waals surface area contributed by atoms with Crippen LogP contribution in [0.5, 0.6) is 0 Å². The fourth-order valence-electron chi connectivity index (χ4n) is 14.0. The molecule has 0 saturated carbocycles. The molecule has 4 unspecified atom stereocenters. The van der Waals surface area contributed by atoms with Crippen molar-refractivity contribution in [1.82, 2.24) is 34.6 Å². The van der Waals surface area contributed by atoms with Crippen LogP contribution >= 0.6 is 31.7 Å². The molecule has 15 rings (SSSR count). The van der Waals surface area contributed by atoms with Crippen LogP contribution in [0.1, 0.15) is 73.7 Å². The summed E-state index contributed by atoms with van der Waals surface area (Å²) in [4.78, 5) is 26.2. The number of aromatic nitrogens is 4. The molecule has 4 heterocycles. The molecule has 0 bridgehead atoms. The molecule has 11 aromatic carbocycles. The highest BCUT2D eigenvalue weighted by Gasteiger charge is 2.34. The molecule has 4 atom stereocenters. The van der Waals surface area contributed by atoms with Crippen molar-refractivity contribution < 1.29 is 0 Å². The smallest absolute Gasteiger partial charge is 0.0964 e. The van der Waals surface area contributed by atoms with Gasteiger partial charge in [-0.1, -0.05) is 345 Å². The molecule has 15 aromatic rings. The van der Waals surface area contributed by atoms with Crippen molar-refractivity contribution in [3.8, 4) is 0 Å². The third-order valence-electron chi connectivity index (χ3n) is 18.9. The van der Waals surface area contributed by atoms with Crippen molar-refractivity contribution in [2.75, 3.05) is 33.5 Å². The first-order valence-corrected chi connectivity index (χ1v) is 43.4. The van der Waals surface area contributed by atoms with Crippen LogP contribution in [0.3, 0.4) is 0 Å². The van der Waals surface area contributed by atoms with Crippen molar-refractivity contribution >= 4 is 79.8 Å². The molecule has 12 heteroatoms. The van der Waals surface area contributed by atoms with E-state index in [1.807, 2.05) is 49.1 Å². The minimum absolute atomic E-state index is 0.0612. The Bertz CT molecular complexity index is 4740. The normalized spacial score (nSPS) is 12.2. The van der Waals surface area contributed by atoms with Gasteiger partial charge in [0.15, 0.2) is 0 Å². The van der Waals surface area contributed by atoms with Crippen molar-refractivity contribution in [2.45, 2.75) is 57.0 Å². The Hall–Kier alpha value is -10.6. The van der Waals surface area contributed by atoms with Gasteiger partial charge in [0.2, 0.25) is 0 Å². The summed E-state index contributed by atoms with van der Waals surface area (Å²) in [6, 6.07) is 137. The monoisotopic (exact) mass is 1520 g/mol. The van der Waals surface area contributed by atoms with Crippen molar-refractivity contribution in [3.05, 3.63) is 464 Å². The maximum Gasteiger partial charge on any atom is 0.0964 e. The summed E-state index contributed by atoms with van der Waals surface area (Å²) in [5.74, 6) is 0.662. The summed E-state index contributed by atoms with van der Waals surface area (Å²) in [5, 5.41) is 14.8. The highest BCUT2D eigenvalue weighted by Crippen LogP contribution is 2.54. The summed E-state index contributed by atoms with van der Waals surface area (Å²) in [6.07, 6.45) is 7.59. The molecule has 0 spiro atoms. The van der Waals surface area contributed by atoms with E-state index in [-0.39, 0.29) is 23.1 Å². The van der Waals surface area contributed by atoms with Gasteiger partial charge >= 0.3 is 0 Å². The summed E-state index contributed by atoms with van der Waals surface area (Å²) in [7, 11) is 6.10. The Morgan fingerprint density at radius 3 is 0.739 bits per heavy atom. The number of pyridine rings is 4. The molecule has 0 saturated heterocycles. The zero-order valence-electron chi connectivity index (χ0n) is 64.4. The van der Waals surface area contributed by atoms with Crippen LogP contribution in [-0.4, -0.2) is 62.8 Å². The SMILES string of the molecule is CN(C)C(c1ccccn1)P(c1ccccc1)c1ccccc1.CN(Cc1ccccc1)C(c1ccccn1)P(c1ccccc1)c1ccccc1.CN(Cc1ccccc1)C(c1ccccn1)P(c1ccccc1)c1ccccc1.Cc1cc(C)c(NC(c2ccccn2)P(c2ccccc2)c2ccccc2)c(C)c1. The summed E-state index contributed by atoms with van der Waals surface area (Å²) >= 11 is 0. The minimum atomic E-state index is -0.720. The molecule has 0 aliphatic heterocycles. The van der Waals surface area contributed by atoms with Gasteiger partial charge in [0.1, 0.15) is 0 Å². The van der Waals surface area contributed by atoms with Crippen LogP contribution in [-0.2, 0) is 13.1 Å². The molecule has 8 nitrogen and oxygen atoms in total. The van der Waals surface area contributed by atoms with E-state index in [9.17, 15) is 0 Å². The van der Waals surface area contributed by atoms with Crippen molar-refractivity contribution in [2.24, 2.45) is 0 Å². The van der Waals surface area contributed by atoms with Crippen LogP contribution in [0.2, 0.25) is 0 Å². The molecule has 0 radical (unpaired) electrons. The Labute approximate surface area is 664 Å².